The third kappa shape index (κ3) is 4.70. The number of hydrogen-bond donors (Lipinski definition) is 1. The zero-order chi connectivity index (χ0) is 23.3. The Labute approximate surface area is 194 Å². The van der Waals surface area contributed by atoms with E-state index in [4.69, 9.17) is 4.74 Å². The highest BCUT2D eigenvalue weighted by Gasteiger charge is 2.41. The van der Waals surface area contributed by atoms with Crippen molar-refractivity contribution in [1.82, 2.24) is 0 Å². The maximum absolute atomic E-state index is 13.8. The van der Waals surface area contributed by atoms with Gasteiger partial charge in [-0.25, -0.2) is 0 Å². The summed E-state index contributed by atoms with van der Waals surface area (Å²) < 4.78 is 5.99. The summed E-state index contributed by atoms with van der Waals surface area (Å²) in [7, 11) is 0. The number of anilines is 1. The minimum atomic E-state index is -0.690. The first-order valence-electron chi connectivity index (χ1n) is 11.8. The highest BCUT2D eigenvalue weighted by molar-refractivity contribution is 6.07. The number of nitro groups is 1. The van der Waals surface area contributed by atoms with Crippen LogP contribution in [0.5, 0.6) is 5.75 Å². The lowest BCUT2D eigenvalue weighted by Gasteiger charge is -2.36. The van der Waals surface area contributed by atoms with E-state index in [-0.39, 0.29) is 11.6 Å². The molecule has 1 saturated carbocycles. The van der Waals surface area contributed by atoms with Crippen LogP contribution in [0.15, 0.2) is 60.7 Å². The van der Waals surface area contributed by atoms with Crippen molar-refractivity contribution >= 4 is 28.1 Å². The number of unbranched alkanes of at least 4 members (excludes halogenated alkanes) is 1. The number of nitro benzene ring substituents is 1. The normalized spacial score (nSPS) is 15.2. The summed E-state index contributed by atoms with van der Waals surface area (Å²) in [6.45, 7) is 2.79. The maximum Gasteiger partial charge on any atom is 0.269 e. The van der Waals surface area contributed by atoms with Gasteiger partial charge in [-0.15, -0.1) is 0 Å². The molecule has 0 spiro atoms. The third-order valence-electron chi connectivity index (χ3n) is 6.66. The first kappa shape index (κ1) is 22.8. The van der Waals surface area contributed by atoms with Crippen molar-refractivity contribution in [3.05, 3.63) is 76.3 Å². The molecule has 1 fully saturated rings. The van der Waals surface area contributed by atoms with Crippen LogP contribution in [0.25, 0.3) is 10.8 Å². The van der Waals surface area contributed by atoms with Crippen LogP contribution < -0.4 is 10.1 Å². The smallest absolute Gasteiger partial charge is 0.269 e. The van der Waals surface area contributed by atoms with E-state index in [9.17, 15) is 14.9 Å². The predicted molar refractivity (Wildman–Crippen MR) is 131 cm³/mol. The standard InChI is InChI=1S/C27H30N2O4/c1-2-3-19-33-25-16-15-24(22-9-5-6-10-23(22)25)28-26(30)27(17-7-4-8-18-27)20-11-13-21(14-12-20)29(31)32/h5-6,9-16H,2-4,7-8,17-19H2,1H3,(H,28,30). The first-order valence-corrected chi connectivity index (χ1v) is 11.8. The Morgan fingerprint density at radius 2 is 1.70 bits per heavy atom. The van der Waals surface area contributed by atoms with Crippen molar-refractivity contribution in [3.8, 4) is 5.75 Å². The fourth-order valence-corrected chi connectivity index (χ4v) is 4.78. The zero-order valence-electron chi connectivity index (χ0n) is 19.0. The Balaban J connectivity index is 1.66. The highest BCUT2D eigenvalue weighted by Crippen LogP contribution is 2.42. The Kier molecular flexibility index (Phi) is 6.92. The summed E-state index contributed by atoms with van der Waals surface area (Å²) in [5.74, 6) is 0.764. The summed E-state index contributed by atoms with van der Waals surface area (Å²) in [4.78, 5) is 24.5. The van der Waals surface area contributed by atoms with Crippen molar-refractivity contribution in [2.45, 2.75) is 57.3 Å². The lowest BCUT2D eigenvalue weighted by Crippen LogP contribution is -2.42. The topological polar surface area (TPSA) is 81.5 Å². The Bertz CT molecular complexity index is 1130. The lowest BCUT2D eigenvalue weighted by atomic mass is 9.68. The van der Waals surface area contributed by atoms with Crippen molar-refractivity contribution in [3.63, 3.8) is 0 Å². The van der Waals surface area contributed by atoms with Gasteiger partial charge in [0.25, 0.3) is 5.69 Å². The number of carbonyl (C=O) groups excluding carboxylic acids is 1. The average Bonchev–Trinajstić information content (AvgIpc) is 2.85. The van der Waals surface area contributed by atoms with Crippen LogP contribution in [0, 0.1) is 10.1 Å². The van der Waals surface area contributed by atoms with Crippen LogP contribution in [0.2, 0.25) is 0 Å². The minimum absolute atomic E-state index is 0.0368. The van der Waals surface area contributed by atoms with Gasteiger partial charge in [0.1, 0.15) is 5.75 Å². The molecular weight excluding hydrogens is 416 g/mol. The molecule has 3 aromatic carbocycles. The second kappa shape index (κ2) is 10.0. The summed E-state index contributed by atoms with van der Waals surface area (Å²) in [6.07, 6.45) is 6.51. The first-order chi connectivity index (χ1) is 16.0. The van der Waals surface area contributed by atoms with E-state index in [1.165, 1.54) is 12.1 Å². The second-order valence-corrected chi connectivity index (χ2v) is 8.76. The minimum Gasteiger partial charge on any atom is -0.493 e. The monoisotopic (exact) mass is 446 g/mol. The molecule has 4 rings (SSSR count). The molecule has 0 saturated heterocycles. The summed E-state index contributed by atoms with van der Waals surface area (Å²) in [6, 6.07) is 18.3. The number of nitrogens with one attached hydrogen (secondary N) is 1. The summed E-state index contributed by atoms with van der Waals surface area (Å²) >= 11 is 0. The van der Waals surface area contributed by atoms with Gasteiger partial charge in [0.05, 0.1) is 16.9 Å². The number of non-ortho nitro benzene ring substituents is 1. The molecule has 0 radical (unpaired) electrons. The second-order valence-electron chi connectivity index (χ2n) is 8.76. The summed E-state index contributed by atoms with van der Waals surface area (Å²) in [5, 5.41) is 16.2. The van der Waals surface area contributed by atoms with E-state index in [0.717, 1.165) is 72.7 Å². The molecule has 0 unspecified atom stereocenters. The van der Waals surface area contributed by atoms with Crippen molar-refractivity contribution in [2.24, 2.45) is 0 Å². The molecule has 172 valence electrons. The number of nitrogens with zero attached hydrogens (tertiary/aromatic N) is 1. The van der Waals surface area contributed by atoms with Gasteiger partial charge in [0.15, 0.2) is 0 Å². The maximum atomic E-state index is 13.8. The van der Waals surface area contributed by atoms with Crippen LogP contribution in [0.3, 0.4) is 0 Å². The third-order valence-corrected chi connectivity index (χ3v) is 6.66. The van der Waals surface area contributed by atoms with Crippen molar-refractivity contribution in [2.75, 3.05) is 11.9 Å². The molecule has 3 aromatic rings. The van der Waals surface area contributed by atoms with Gasteiger partial charge in [-0.3, -0.25) is 14.9 Å². The molecular formula is C27H30N2O4. The number of rotatable bonds is 8. The van der Waals surface area contributed by atoms with Gasteiger partial charge in [-0.1, -0.05) is 69.0 Å². The van der Waals surface area contributed by atoms with Gasteiger partial charge in [-0.05, 0) is 37.0 Å². The molecule has 1 aliphatic rings. The molecule has 0 aliphatic heterocycles. The molecule has 1 N–H and O–H groups in total. The number of ether oxygens (including phenoxy) is 1. The molecule has 0 bridgehead atoms. The summed E-state index contributed by atoms with van der Waals surface area (Å²) in [5.41, 5.74) is 0.944. The van der Waals surface area contributed by atoms with E-state index in [1.807, 2.05) is 36.4 Å². The van der Waals surface area contributed by atoms with Gasteiger partial charge < -0.3 is 10.1 Å². The Morgan fingerprint density at radius 3 is 2.36 bits per heavy atom. The van der Waals surface area contributed by atoms with Gasteiger partial charge in [-0.2, -0.15) is 0 Å². The fourth-order valence-electron chi connectivity index (χ4n) is 4.78. The van der Waals surface area contributed by atoms with Crippen LogP contribution in [0.1, 0.15) is 57.4 Å². The number of fused-ring (bicyclic) bond motifs is 1. The molecule has 1 aliphatic carbocycles. The fraction of sp³-hybridized carbons (Fsp3) is 0.370. The largest absolute Gasteiger partial charge is 0.493 e. The van der Waals surface area contributed by atoms with Crippen LogP contribution >= 0.6 is 0 Å². The molecule has 0 aromatic heterocycles. The van der Waals surface area contributed by atoms with Gasteiger partial charge in [0.2, 0.25) is 5.91 Å². The highest BCUT2D eigenvalue weighted by atomic mass is 16.6. The Morgan fingerprint density at radius 1 is 1.00 bits per heavy atom. The number of hydrogen-bond acceptors (Lipinski definition) is 4. The molecule has 1 amide bonds. The molecule has 33 heavy (non-hydrogen) atoms. The number of amides is 1. The van der Waals surface area contributed by atoms with Crippen molar-refractivity contribution in [1.29, 1.82) is 0 Å². The predicted octanol–water partition coefficient (Wildman–Crippen LogP) is 6.77. The van der Waals surface area contributed by atoms with Crippen LogP contribution in [0.4, 0.5) is 11.4 Å². The van der Waals surface area contributed by atoms with Crippen LogP contribution in [-0.4, -0.2) is 17.4 Å². The zero-order valence-corrected chi connectivity index (χ0v) is 19.0. The van der Waals surface area contributed by atoms with Gasteiger partial charge >= 0.3 is 0 Å². The van der Waals surface area contributed by atoms with Gasteiger partial charge in [0, 0.05) is 28.6 Å². The number of benzene rings is 3. The lowest BCUT2D eigenvalue weighted by molar-refractivity contribution is -0.384. The van der Waals surface area contributed by atoms with E-state index in [2.05, 4.69) is 12.2 Å². The molecule has 6 nitrogen and oxygen atoms in total. The average molecular weight is 447 g/mol. The Hall–Kier alpha value is -3.41. The van der Waals surface area contributed by atoms with Crippen LogP contribution in [-0.2, 0) is 10.2 Å². The SMILES string of the molecule is CCCCOc1ccc(NC(=O)C2(c3ccc([N+](=O)[O-])cc3)CCCCC2)c2ccccc12. The molecule has 0 heterocycles. The van der Waals surface area contributed by atoms with E-state index >= 15 is 0 Å². The quantitative estimate of drug-likeness (QED) is 0.235. The molecule has 0 atom stereocenters. The van der Waals surface area contributed by atoms with E-state index in [1.54, 1.807) is 12.1 Å². The van der Waals surface area contributed by atoms with E-state index in [0.29, 0.717) is 6.61 Å². The van der Waals surface area contributed by atoms with Crippen molar-refractivity contribution < 1.29 is 14.5 Å². The number of carbonyl (C=O) groups is 1. The molecule has 6 heteroatoms. The van der Waals surface area contributed by atoms with E-state index < -0.39 is 10.3 Å².